The van der Waals surface area contributed by atoms with Crippen LogP contribution in [0.2, 0.25) is 0 Å². The van der Waals surface area contributed by atoms with E-state index in [1.807, 2.05) is 61.2 Å². The lowest BCUT2D eigenvalue weighted by Gasteiger charge is -2.29. The second-order valence-electron chi connectivity index (χ2n) is 10.1. The topological polar surface area (TPSA) is 62.2 Å². The summed E-state index contributed by atoms with van der Waals surface area (Å²) in [6.07, 6.45) is -2.44. The number of alkyl halides is 3. The number of nitrogens with zero attached hydrogens (tertiary/aromatic N) is 3. The highest BCUT2D eigenvalue weighted by molar-refractivity contribution is 7.80. The molecule has 0 unspecified atom stereocenters. The second kappa shape index (κ2) is 11.0. The molecule has 3 heterocycles. The van der Waals surface area contributed by atoms with Crippen molar-refractivity contribution in [3.63, 3.8) is 0 Å². The smallest absolute Gasteiger partial charge is 0.351 e. The van der Waals surface area contributed by atoms with Gasteiger partial charge < -0.3 is 20.1 Å². The van der Waals surface area contributed by atoms with E-state index in [2.05, 4.69) is 15.6 Å². The van der Waals surface area contributed by atoms with Crippen LogP contribution >= 0.6 is 12.2 Å². The van der Waals surface area contributed by atoms with Gasteiger partial charge >= 0.3 is 6.18 Å². The molecule has 1 amide bonds. The Morgan fingerprint density at radius 1 is 1.05 bits per heavy atom. The molecule has 4 aromatic rings. The van der Waals surface area contributed by atoms with Crippen LogP contribution in [0.1, 0.15) is 59.2 Å². The molecule has 0 bridgehead atoms. The Kier molecular flexibility index (Phi) is 7.61. The number of pyridine rings is 1. The van der Waals surface area contributed by atoms with E-state index in [4.69, 9.17) is 12.2 Å². The molecule has 2 aromatic heterocycles. The highest BCUT2D eigenvalue weighted by Gasteiger charge is 2.43. The van der Waals surface area contributed by atoms with Crippen molar-refractivity contribution >= 4 is 34.6 Å². The number of thiocarbonyl (C=S) groups is 1. The number of amides is 1. The SMILES string of the molecule is CCC(=O)Nc1ccc(N2C(=S)N[C@@H](c3ccccn3)[C@@H]2c2cc(C)n(-c3ccccc3C(F)(F)F)c2C)cc1C. The molecule has 5 rings (SSSR count). The van der Waals surface area contributed by atoms with Crippen LogP contribution in [0, 0.1) is 20.8 Å². The zero-order valence-corrected chi connectivity index (χ0v) is 23.9. The third-order valence-corrected chi connectivity index (χ3v) is 7.74. The van der Waals surface area contributed by atoms with E-state index >= 15 is 0 Å². The molecule has 1 fully saturated rings. The summed E-state index contributed by atoms with van der Waals surface area (Å²) in [5.41, 5.74) is 4.64. The van der Waals surface area contributed by atoms with Crippen LogP contribution in [0.4, 0.5) is 24.5 Å². The van der Waals surface area contributed by atoms with Crippen molar-refractivity contribution in [1.29, 1.82) is 0 Å². The Morgan fingerprint density at radius 2 is 1.78 bits per heavy atom. The van der Waals surface area contributed by atoms with Gasteiger partial charge in [-0.2, -0.15) is 13.2 Å². The number of hydrogen-bond acceptors (Lipinski definition) is 3. The molecule has 0 radical (unpaired) electrons. The average molecular weight is 578 g/mol. The molecule has 2 N–H and O–H groups in total. The number of halogens is 3. The Morgan fingerprint density at radius 3 is 2.44 bits per heavy atom. The van der Waals surface area contributed by atoms with Gasteiger partial charge in [0.15, 0.2) is 5.11 Å². The largest absolute Gasteiger partial charge is 0.418 e. The molecule has 2 aromatic carbocycles. The number of carbonyl (C=O) groups is 1. The van der Waals surface area contributed by atoms with Gasteiger partial charge in [-0.1, -0.05) is 25.1 Å². The predicted octanol–water partition coefficient (Wildman–Crippen LogP) is 7.34. The van der Waals surface area contributed by atoms with E-state index in [1.165, 1.54) is 12.1 Å². The fourth-order valence-corrected chi connectivity index (χ4v) is 5.84. The van der Waals surface area contributed by atoms with E-state index < -0.39 is 17.8 Å². The quantitative estimate of drug-likeness (QED) is 0.235. The first-order chi connectivity index (χ1) is 19.5. The molecule has 1 aliphatic rings. The van der Waals surface area contributed by atoms with E-state index in [-0.39, 0.29) is 17.6 Å². The van der Waals surface area contributed by atoms with Crippen molar-refractivity contribution in [2.75, 3.05) is 10.2 Å². The van der Waals surface area contributed by atoms with Gasteiger partial charge in [-0.05, 0) is 92.6 Å². The first-order valence-electron chi connectivity index (χ1n) is 13.3. The van der Waals surface area contributed by atoms with Crippen molar-refractivity contribution in [1.82, 2.24) is 14.9 Å². The summed E-state index contributed by atoms with van der Waals surface area (Å²) in [7, 11) is 0. The highest BCUT2D eigenvalue weighted by Crippen LogP contribution is 2.45. The van der Waals surface area contributed by atoms with Gasteiger partial charge in [0.2, 0.25) is 5.91 Å². The van der Waals surface area contributed by atoms with Crippen LogP contribution in [-0.4, -0.2) is 20.6 Å². The maximum atomic E-state index is 14.0. The van der Waals surface area contributed by atoms with Crippen LogP contribution in [0.3, 0.4) is 0 Å². The van der Waals surface area contributed by atoms with Crippen molar-refractivity contribution in [3.8, 4) is 5.69 Å². The predicted molar refractivity (Wildman–Crippen MR) is 158 cm³/mol. The van der Waals surface area contributed by atoms with Crippen molar-refractivity contribution in [3.05, 3.63) is 107 Å². The monoisotopic (exact) mass is 577 g/mol. The van der Waals surface area contributed by atoms with Gasteiger partial charge in [0.05, 0.1) is 29.0 Å². The second-order valence-corrected chi connectivity index (χ2v) is 10.5. The maximum Gasteiger partial charge on any atom is 0.418 e. The van der Waals surface area contributed by atoms with E-state index in [0.717, 1.165) is 28.6 Å². The number of para-hydroxylation sites is 1. The third-order valence-electron chi connectivity index (χ3n) is 7.42. The fraction of sp³-hybridized carbons (Fsp3) is 0.258. The number of nitrogens with one attached hydrogen (secondary N) is 2. The molecule has 10 heteroatoms. The first kappa shape index (κ1) is 28.4. The van der Waals surface area contributed by atoms with Crippen LogP contribution < -0.4 is 15.5 Å². The normalized spacial score (nSPS) is 17.0. The summed E-state index contributed by atoms with van der Waals surface area (Å²) < 4.78 is 43.7. The Hall–Kier alpha value is -4.18. The molecule has 2 atom stereocenters. The van der Waals surface area contributed by atoms with E-state index in [9.17, 15) is 18.0 Å². The molecule has 212 valence electrons. The minimum Gasteiger partial charge on any atom is -0.351 e. The van der Waals surface area contributed by atoms with Gasteiger partial charge in [0.1, 0.15) is 0 Å². The summed E-state index contributed by atoms with van der Waals surface area (Å²) in [6.45, 7) is 7.34. The molecular weight excluding hydrogens is 547 g/mol. The van der Waals surface area contributed by atoms with Gasteiger partial charge in [0.25, 0.3) is 0 Å². The van der Waals surface area contributed by atoms with Crippen LogP contribution in [0.15, 0.2) is 72.9 Å². The van der Waals surface area contributed by atoms with Crippen molar-refractivity contribution in [2.24, 2.45) is 0 Å². The van der Waals surface area contributed by atoms with Gasteiger partial charge in [-0.15, -0.1) is 0 Å². The number of rotatable bonds is 6. The number of benzene rings is 2. The molecule has 1 aliphatic heterocycles. The first-order valence-corrected chi connectivity index (χ1v) is 13.7. The lowest BCUT2D eigenvalue weighted by Crippen LogP contribution is -2.29. The number of aryl methyl sites for hydroxylation is 2. The third kappa shape index (κ3) is 5.31. The zero-order chi connectivity index (χ0) is 29.5. The standard InChI is InChI=1S/C31H30F3N5OS/c1-5-27(40)36-24-14-13-21(16-18(24)2)39-29(28(37-30(39)41)25-11-8-9-15-35-25)22-17-19(3)38(20(22)4)26-12-7-6-10-23(26)31(32,33)34/h6-17,28-29H,5H2,1-4H3,(H,36,40)(H,37,41)/t28-,29-/m0/s1. The van der Waals surface area contributed by atoms with E-state index in [0.29, 0.717) is 28.6 Å². The molecule has 41 heavy (non-hydrogen) atoms. The minimum atomic E-state index is -4.51. The average Bonchev–Trinajstić information content (AvgIpc) is 3.44. The summed E-state index contributed by atoms with van der Waals surface area (Å²) in [5, 5.41) is 6.79. The maximum absolute atomic E-state index is 14.0. The summed E-state index contributed by atoms with van der Waals surface area (Å²) in [6, 6.07) is 18.1. The fourth-order valence-electron chi connectivity index (χ4n) is 5.49. The summed E-state index contributed by atoms with van der Waals surface area (Å²) >= 11 is 5.85. The summed E-state index contributed by atoms with van der Waals surface area (Å²) in [4.78, 5) is 18.6. The number of anilines is 2. The van der Waals surface area contributed by atoms with Crippen molar-refractivity contribution < 1.29 is 18.0 Å². The number of carbonyl (C=O) groups excluding carboxylic acids is 1. The molecule has 0 saturated carbocycles. The zero-order valence-electron chi connectivity index (χ0n) is 23.1. The summed E-state index contributed by atoms with van der Waals surface area (Å²) in [5.74, 6) is -0.0844. The Bertz CT molecular complexity index is 1620. The molecular formula is C31H30F3N5OS. The lowest BCUT2D eigenvalue weighted by molar-refractivity contribution is -0.137. The minimum absolute atomic E-state index is 0.0718. The van der Waals surface area contributed by atoms with Crippen LogP contribution in [0.5, 0.6) is 0 Å². The van der Waals surface area contributed by atoms with E-state index in [1.54, 1.807) is 30.7 Å². The number of hydrogen-bond donors (Lipinski definition) is 2. The lowest BCUT2D eigenvalue weighted by atomic mass is 9.96. The Balaban J connectivity index is 1.66. The number of aromatic nitrogens is 2. The molecule has 0 aliphatic carbocycles. The van der Waals surface area contributed by atoms with Gasteiger partial charge in [-0.3, -0.25) is 9.78 Å². The molecule has 0 spiro atoms. The Labute approximate surface area is 242 Å². The van der Waals surface area contributed by atoms with Crippen LogP contribution in [-0.2, 0) is 11.0 Å². The molecule has 1 saturated heterocycles. The van der Waals surface area contributed by atoms with Crippen LogP contribution in [0.25, 0.3) is 5.69 Å². The van der Waals surface area contributed by atoms with Crippen molar-refractivity contribution in [2.45, 2.75) is 52.4 Å². The van der Waals surface area contributed by atoms with Gasteiger partial charge in [0, 0.05) is 35.4 Å². The van der Waals surface area contributed by atoms with Gasteiger partial charge in [-0.25, -0.2) is 0 Å². The highest BCUT2D eigenvalue weighted by atomic mass is 32.1. The molecule has 6 nitrogen and oxygen atoms in total.